The lowest BCUT2D eigenvalue weighted by Gasteiger charge is -2.19. The van der Waals surface area contributed by atoms with Gasteiger partial charge in [0.25, 0.3) is 0 Å². The van der Waals surface area contributed by atoms with Gasteiger partial charge in [0.2, 0.25) is 0 Å². The summed E-state index contributed by atoms with van der Waals surface area (Å²) in [7, 11) is -3.14. The number of aliphatic hydroxyl groups is 1. The van der Waals surface area contributed by atoms with Crippen LogP contribution in [0, 0.1) is 0 Å². The molecule has 6 nitrogen and oxygen atoms in total. The first kappa shape index (κ1) is 16.4. The van der Waals surface area contributed by atoms with Crippen LogP contribution in [0.3, 0.4) is 0 Å². The van der Waals surface area contributed by atoms with Crippen LogP contribution in [-0.2, 0) is 15.0 Å². The van der Waals surface area contributed by atoms with E-state index in [1.165, 1.54) is 0 Å². The standard InChI is InChI=1S/C7H15Cl2NO5S/c1-10(16(12,13)14)4-6(11)5-15-7(2-8)3-9/h6-7,11H,2-5H2,1H3,(H,12,13,14)/t6-/m1/s1. The van der Waals surface area contributed by atoms with Crippen molar-refractivity contribution in [2.24, 2.45) is 0 Å². The fourth-order valence-electron chi connectivity index (χ4n) is 0.821. The molecule has 0 amide bonds. The molecule has 98 valence electrons. The largest absolute Gasteiger partial charge is 0.389 e. The summed E-state index contributed by atoms with van der Waals surface area (Å²) in [4.78, 5) is 0. The summed E-state index contributed by atoms with van der Waals surface area (Å²) >= 11 is 11.0. The first-order valence-electron chi connectivity index (χ1n) is 4.41. The second kappa shape index (κ2) is 7.65. The normalized spacial score (nSPS) is 14.7. The fraction of sp³-hybridized carbons (Fsp3) is 1.00. The van der Waals surface area contributed by atoms with Gasteiger partial charge < -0.3 is 9.84 Å². The molecule has 0 saturated carbocycles. The van der Waals surface area contributed by atoms with Gasteiger partial charge in [0.05, 0.1) is 18.8 Å². The Kier molecular flexibility index (Phi) is 7.83. The Labute approximate surface area is 105 Å². The maximum absolute atomic E-state index is 10.6. The van der Waals surface area contributed by atoms with Crippen molar-refractivity contribution >= 4 is 33.5 Å². The van der Waals surface area contributed by atoms with Gasteiger partial charge in [-0.15, -0.1) is 23.2 Å². The van der Waals surface area contributed by atoms with E-state index in [0.717, 1.165) is 7.05 Å². The van der Waals surface area contributed by atoms with Gasteiger partial charge in [0.1, 0.15) is 0 Å². The molecule has 0 aliphatic heterocycles. The number of hydrogen-bond donors (Lipinski definition) is 2. The van der Waals surface area contributed by atoms with Crippen LogP contribution >= 0.6 is 23.2 Å². The van der Waals surface area contributed by atoms with Crippen LogP contribution in [0.4, 0.5) is 0 Å². The smallest absolute Gasteiger partial charge is 0.335 e. The second-order valence-electron chi connectivity index (χ2n) is 3.18. The Morgan fingerprint density at radius 3 is 2.25 bits per heavy atom. The van der Waals surface area contributed by atoms with Gasteiger partial charge >= 0.3 is 10.3 Å². The third kappa shape index (κ3) is 6.85. The van der Waals surface area contributed by atoms with E-state index in [1.54, 1.807) is 0 Å². The molecule has 2 N–H and O–H groups in total. The molecule has 0 bridgehead atoms. The van der Waals surface area contributed by atoms with E-state index in [4.69, 9.17) is 32.5 Å². The van der Waals surface area contributed by atoms with Crippen LogP contribution in [0.25, 0.3) is 0 Å². The summed E-state index contributed by atoms with van der Waals surface area (Å²) in [5.41, 5.74) is 0. The predicted octanol–water partition coefficient (Wildman–Crippen LogP) is -0.0553. The zero-order chi connectivity index (χ0) is 12.8. The molecule has 0 saturated heterocycles. The van der Waals surface area contributed by atoms with Gasteiger partial charge in [0.15, 0.2) is 0 Å². The van der Waals surface area contributed by atoms with E-state index in [-0.39, 0.29) is 24.9 Å². The number of rotatable bonds is 8. The third-order valence-corrected chi connectivity index (χ3v) is 3.36. The third-order valence-electron chi connectivity index (χ3n) is 1.73. The van der Waals surface area contributed by atoms with Crippen molar-refractivity contribution in [3.63, 3.8) is 0 Å². The molecular weight excluding hydrogens is 281 g/mol. The Morgan fingerprint density at radius 1 is 1.38 bits per heavy atom. The van der Waals surface area contributed by atoms with Crippen molar-refractivity contribution in [1.29, 1.82) is 0 Å². The molecule has 0 aliphatic rings. The average molecular weight is 296 g/mol. The van der Waals surface area contributed by atoms with E-state index in [2.05, 4.69) is 0 Å². The Morgan fingerprint density at radius 2 is 1.88 bits per heavy atom. The van der Waals surface area contributed by atoms with E-state index < -0.39 is 22.5 Å². The number of likely N-dealkylation sites (N-methyl/N-ethyl adjacent to an activating group) is 1. The maximum Gasteiger partial charge on any atom is 0.335 e. The van der Waals surface area contributed by atoms with Crippen LogP contribution in [-0.4, -0.2) is 66.5 Å². The van der Waals surface area contributed by atoms with Crippen molar-refractivity contribution < 1.29 is 22.8 Å². The van der Waals surface area contributed by atoms with E-state index in [0.29, 0.717) is 4.31 Å². The molecule has 0 spiro atoms. The molecule has 1 atom stereocenters. The van der Waals surface area contributed by atoms with Crippen LogP contribution < -0.4 is 0 Å². The summed E-state index contributed by atoms with van der Waals surface area (Å²) in [6, 6.07) is 0. The molecule has 0 aliphatic carbocycles. The van der Waals surface area contributed by atoms with Gasteiger partial charge in [-0.3, -0.25) is 4.55 Å². The van der Waals surface area contributed by atoms with E-state index >= 15 is 0 Å². The molecule has 0 aromatic heterocycles. The van der Waals surface area contributed by atoms with Crippen LogP contribution in [0.1, 0.15) is 0 Å². The summed E-state index contributed by atoms with van der Waals surface area (Å²) < 4.78 is 35.5. The van der Waals surface area contributed by atoms with Crippen molar-refractivity contribution in [3.05, 3.63) is 0 Å². The molecule has 0 unspecified atom stereocenters. The topological polar surface area (TPSA) is 87.1 Å². The lowest BCUT2D eigenvalue weighted by atomic mass is 10.3. The molecule has 16 heavy (non-hydrogen) atoms. The van der Waals surface area contributed by atoms with Gasteiger partial charge in [0, 0.05) is 25.4 Å². The summed E-state index contributed by atoms with van der Waals surface area (Å²) in [5, 5.41) is 9.39. The highest BCUT2D eigenvalue weighted by atomic mass is 35.5. The molecule has 0 heterocycles. The Balaban J connectivity index is 3.95. The SMILES string of the molecule is CN(C[C@@H](O)COC(CCl)CCl)S(=O)(=O)O. The van der Waals surface area contributed by atoms with E-state index in [9.17, 15) is 13.5 Å². The van der Waals surface area contributed by atoms with Crippen molar-refractivity contribution in [2.75, 3.05) is 32.0 Å². The Bertz CT molecular complexity index is 283. The monoisotopic (exact) mass is 295 g/mol. The molecule has 9 heteroatoms. The number of alkyl halides is 2. The molecular formula is C7H15Cl2NO5S. The highest BCUT2D eigenvalue weighted by molar-refractivity contribution is 7.83. The summed E-state index contributed by atoms with van der Waals surface area (Å²) in [6.07, 6.45) is -1.45. The number of aliphatic hydroxyl groups excluding tert-OH is 1. The number of nitrogens with zero attached hydrogens (tertiary/aromatic N) is 1. The minimum absolute atomic E-state index is 0.107. The first-order valence-corrected chi connectivity index (χ1v) is 6.88. The molecule has 0 rings (SSSR count). The van der Waals surface area contributed by atoms with Gasteiger partial charge in [-0.05, 0) is 0 Å². The zero-order valence-electron chi connectivity index (χ0n) is 8.71. The Hall–Kier alpha value is 0.370. The first-order chi connectivity index (χ1) is 7.31. The number of ether oxygens (including phenoxy) is 1. The summed E-state index contributed by atoms with van der Waals surface area (Å²) in [5.74, 6) is 0.370. The fourth-order valence-corrected chi connectivity index (χ4v) is 1.69. The van der Waals surface area contributed by atoms with Crippen LogP contribution in [0.2, 0.25) is 0 Å². The number of hydrogen-bond acceptors (Lipinski definition) is 4. The average Bonchev–Trinajstić information content (AvgIpc) is 2.17. The van der Waals surface area contributed by atoms with Crippen LogP contribution in [0.5, 0.6) is 0 Å². The minimum Gasteiger partial charge on any atom is -0.389 e. The van der Waals surface area contributed by atoms with Gasteiger partial charge in [-0.2, -0.15) is 12.7 Å². The lowest BCUT2D eigenvalue weighted by molar-refractivity contribution is 0.00308. The maximum atomic E-state index is 10.6. The minimum atomic E-state index is -4.28. The quantitative estimate of drug-likeness (QED) is 0.484. The van der Waals surface area contributed by atoms with Gasteiger partial charge in [-0.25, -0.2) is 0 Å². The molecule has 0 radical (unpaired) electrons. The van der Waals surface area contributed by atoms with Gasteiger partial charge in [-0.1, -0.05) is 0 Å². The van der Waals surface area contributed by atoms with Crippen LogP contribution in [0.15, 0.2) is 0 Å². The highest BCUT2D eigenvalue weighted by Crippen LogP contribution is 2.02. The van der Waals surface area contributed by atoms with E-state index in [1.807, 2.05) is 0 Å². The van der Waals surface area contributed by atoms with Crippen molar-refractivity contribution in [1.82, 2.24) is 4.31 Å². The van der Waals surface area contributed by atoms with Crippen molar-refractivity contribution in [3.8, 4) is 0 Å². The number of halogens is 2. The molecule has 0 aromatic rings. The van der Waals surface area contributed by atoms with Crippen molar-refractivity contribution in [2.45, 2.75) is 12.2 Å². The summed E-state index contributed by atoms with van der Waals surface area (Å²) in [6.45, 7) is -0.375. The zero-order valence-corrected chi connectivity index (χ0v) is 11.0. The second-order valence-corrected chi connectivity index (χ2v) is 5.31. The highest BCUT2D eigenvalue weighted by Gasteiger charge is 2.18. The molecule has 0 fully saturated rings. The predicted molar refractivity (Wildman–Crippen MR) is 61.4 cm³/mol. The molecule has 0 aromatic carbocycles. The lowest BCUT2D eigenvalue weighted by Crippen LogP contribution is -2.37.